The lowest BCUT2D eigenvalue weighted by molar-refractivity contribution is 0.215. The minimum Gasteiger partial charge on any atom is -0.354 e. The summed E-state index contributed by atoms with van der Waals surface area (Å²) >= 11 is 12.4. The molecule has 0 atom stereocenters. The molecular weight excluding hydrogens is 499 g/mol. The predicted molar refractivity (Wildman–Crippen MR) is 143 cm³/mol. The number of carbonyl (C=O) groups excluding carboxylic acids is 1. The zero-order valence-electron chi connectivity index (χ0n) is 19.9. The van der Waals surface area contributed by atoms with Crippen LogP contribution in [0.25, 0.3) is 22.4 Å². The molecular formula is C26H26Cl2N6O2. The Morgan fingerprint density at radius 2 is 1.86 bits per heavy atom. The number of aromatic nitrogens is 3. The molecule has 2 amide bonds. The standard InChI is InChI=1S/C26H26Cl2N6O2/c1-2-8-20-30-24(21-23(32-36-25(21)31-20)17-9-4-3-5-10-17)33-13-7-14-34(16-15-33)26(35)29-19-12-6-11-18(27)22(19)28/h3-6,9-12H,2,7-8,13-16H2,1H3,(H,29,35). The first-order chi connectivity index (χ1) is 17.5. The molecule has 4 aromatic rings. The summed E-state index contributed by atoms with van der Waals surface area (Å²) in [6.45, 7) is 4.56. The number of hydrogen-bond donors (Lipinski definition) is 1. The van der Waals surface area contributed by atoms with Crippen molar-refractivity contribution in [2.75, 3.05) is 36.4 Å². The molecule has 0 spiro atoms. The second-order valence-corrected chi connectivity index (χ2v) is 9.44. The highest BCUT2D eigenvalue weighted by molar-refractivity contribution is 6.43. The summed E-state index contributed by atoms with van der Waals surface area (Å²) < 4.78 is 5.67. The van der Waals surface area contributed by atoms with E-state index in [9.17, 15) is 4.79 Å². The van der Waals surface area contributed by atoms with Gasteiger partial charge in [0, 0.05) is 38.2 Å². The van der Waals surface area contributed by atoms with Gasteiger partial charge in [0.2, 0.25) is 0 Å². The number of halogens is 2. The van der Waals surface area contributed by atoms with Crippen LogP contribution in [0.3, 0.4) is 0 Å². The molecule has 1 aliphatic rings. The summed E-state index contributed by atoms with van der Waals surface area (Å²) in [6.07, 6.45) is 2.44. The maximum absolute atomic E-state index is 13.0. The molecule has 5 rings (SSSR count). The van der Waals surface area contributed by atoms with Crippen molar-refractivity contribution in [1.82, 2.24) is 20.0 Å². The number of nitrogens with zero attached hydrogens (tertiary/aromatic N) is 5. The summed E-state index contributed by atoms with van der Waals surface area (Å²) in [4.78, 5) is 26.6. The molecule has 0 radical (unpaired) electrons. The fourth-order valence-electron chi connectivity index (χ4n) is 4.36. The second kappa shape index (κ2) is 10.7. The van der Waals surface area contributed by atoms with Crippen LogP contribution in [-0.2, 0) is 6.42 Å². The Hall–Kier alpha value is -3.36. The third-order valence-corrected chi connectivity index (χ3v) is 6.98. The number of benzene rings is 2. The van der Waals surface area contributed by atoms with Gasteiger partial charge < -0.3 is 19.6 Å². The van der Waals surface area contributed by atoms with E-state index in [4.69, 9.17) is 32.7 Å². The lowest BCUT2D eigenvalue weighted by atomic mass is 10.1. The number of urea groups is 1. The van der Waals surface area contributed by atoms with Gasteiger partial charge in [-0.3, -0.25) is 0 Å². The lowest BCUT2D eigenvalue weighted by Gasteiger charge is -2.24. The summed E-state index contributed by atoms with van der Waals surface area (Å²) in [5, 5.41) is 8.76. The molecule has 0 saturated carbocycles. The number of nitrogens with one attached hydrogen (secondary N) is 1. The molecule has 0 bridgehead atoms. The van der Waals surface area contributed by atoms with Crippen molar-refractivity contribution in [3.05, 3.63) is 64.4 Å². The average Bonchev–Trinajstić information content (AvgIpc) is 3.15. The van der Waals surface area contributed by atoms with Crippen molar-refractivity contribution in [3.8, 4) is 11.3 Å². The number of hydrogen-bond acceptors (Lipinski definition) is 6. The van der Waals surface area contributed by atoms with Crippen LogP contribution in [0.15, 0.2) is 53.1 Å². The fraction of sp³-hybridized carbons (Fsp3) is 0.308. The van der Waals surface area contributed by atoms with Crippen LogP contribution in [0.5, 0.6) is 0 Å². The molecule has 1 fully saturated rings. The molecule has 0 aliphatic carbocycles. The summed E-state index contributed by atoms with van der Waals surface area (Å²) in [7, 11) is 0. The Morgan fingerprint density at radius 3 is 2.67 bits per heavy atom. The van der Waals surface area contributed by atoms with Gasteiger partial charge in [-0.05, 0) is 25.0 Å². The summed E-state index contributed by atoms with van der Waals surface area (Å²) in [6, 6.07) is 14.9. The number of aryl methyl sites for hydroxylation is 1. The monoisotopic (exact) mass is 524 g/mol. The van der Waals surface area contributed by atoms with E-state index in [1.807, 2.05) is 30.3 Å². The molecule has 1 N–H and O–H groups in total. The zero-order valence-corrected chi connectivity index (χ0v) is 21.4. The van der Waals surface area contributed by atoms with Crippen LogP contribution in [0.1, 0.15) is 25.6 Å². The molecule has 36 heavy (non-hydrogen) atoms. The first kappa shape index (κ1) is 24.3. The zero-order chi connectivity index (χ0) is 25.1. The smallest absolute Gasteiger partial charge is 0.321 e. The van der Waals surface area contributed by atoms with Crippen molar-refractivity contribution in [2.45, 2.75) is 26.2 Å². The molecule has 8 nitrogen and oxygen atoms in total. The van der Waals surface area contributed by atoms with Crippen LogP contribution < -0.4 is 10.2 Å². The number of amides is 2. The third kappa shape index (κ3) is 4.96. The normalized spacial score (nSPS) is 14.2. The summed E-state index contributed by atoms with van der Waals surface area (Å²) in [5.41, 5.74) is 2.64. The Labute approximate surface area is 219 Å². The molecule has 0 unspecified atom stereocenters. The van der Waals surface area contributed by atoms with Gasteiger partial charge in [-0.2, -0.15) is 4.98 Å². The summed E-state index contributed by atoms with van der Waals surface area (Å²) in [5.74, 6) is 1.52. The molecule has 1 aliphatic heterocycles. The Bertz CT molecular complexity index is 1380. The predicted octanol–water partition coefficient (Wildman–Crippen LogP) is 6.29. The first-order valence-corrected chi connectivity index (χ1v) is 12.8. The van der Waals surface area contributed by atoms with Crippen LogP contribution in [-0.4, -0.2) is 52.2 Å². The highest BCUT2D eigenvalue weighted by atomic mass is 35.5. The highest BCUT2D eigenvalue weighted by Gasteiger charge is 2.26. The van der Waals surface area contributed by atoms with Gasteiger partial charge >= 0.3 is 6.03 Å². The largest absolute Gasteiger partial charge is 0.354 e. The molecule has 3 heterocycles. The van der Waals surface area contributed by atoms with Gasteiger partial charge in [-0.1, -0.05) is 71.7 Å². The van der Waals surface area contributed by atoms with Gasteiger partial charge in [0.15, 0.2) is 0 Å². The van der Waals surface area contributed by atoms with Crippen molar-refractivity contribution in [1.29, 1.82) is 0 Å². The molecule has 2 aromatic carbocycles. The van der Waals surface area contributed by atoms with Crippen molar-refractivity contribution < 1.29 is 9.32 Å². The first-order valence-electron chi connectivity index (χ1n) is 12.0. The SMILES string of the molecule is CCCc1nc(N2CCCN(C(=O)Nc3cccc(Cl)c3Cl)CC2)c2c(-c3ccccc3)noc2n1. The van der Waals surface area contributed by atoms with E-state index in [0.29, 0.717) is 41.1 Å². The van der Waals surface area contributed by atoms with Gasteiger partial charge in [0.25, 0.3) is 5.71 Å². The lowest BCUT2D eigenvalue weighted by Crippen LogP contribution is -2.38. The minimum absolute atomic E-state index is 0.213. The maximum atomic E-state index is 13.0. The van der Waals surface area contributed by atoms with Crippen LogP contribution in [0.2, 0.25) is 10.0 Å². The van der Waals surface area contributed by atoms with Gasteiger partial charge in [-0.25, -0.2) is 9.78 Å². The van der Waals surface area contributed by atoms with E-state index >= 15 is 0 Å². The Balaban J connectivity index is 1.42. The molecule has 2 aromatic heterocycles. The van der Waals surface area contributed by atoms with Crippen LogP contribution in [0.4, 0.5) is 16.3 Å². The van der Waals surface area contributed by atoms with Crippen molar-refractivity contribution in [2.24, 2.45) is 0 Å². The quantitative estimate of drug-likeness (QED) is 0.330. The van der Waals surface area contributed by atoms with Crippen LogP contribution in [0, 0.1) is 0 Å². The van der Waals surface area contributed by atoms with E-state index in [-0.39, 0.29) is 6.03 Å². The molecule has 186 valence electrons. The van der Waals surface area contributed by atoms with E-state index in [1.165, 1.54) is 0 Å². The van der Waals surface area contributed by atoms with Crippen LogP contribution >= 0.6 is 23.2 Å². The topological polar surface area (TPSA) is 87.4 Å². The Kier molecular flexibility index (Phi) is 7.25. The molecule has 1 saturated heterocycles. The maximum Gasteiger partial charge on any atom is 0.321 e. The van der Waals surface area contributed by atoms with Gasteiger partial charge in [0.1, 0.15) is 22.7 Å². The third-order valence-electron chi connectivity index (χ3n) is 6.16. The minimum atomic E-state index is -0.213. The fourth-order valence-corrected chi connectivity index (χ4v) is 4.71. The number of carbonyl (C=O) groups is 1. The van der Waals surface area contributed by atoms with E-state index in [2.05, 4.69) is 27.3 Å². The second-order valence-electron chi connectivity index (χ2n) is 8.65. The Morgan fingerprint density at radius 1 is 1.03 bits per heavy atom. The average molecular weight is 525 g/mol. The van der Waals surface area contributed by atoms with E-state index in [0.717, 1.165) is 54.1 Å². The van der Waals surface area contributed by atoms with Gasteiger partial charge in [0.05, 0.1) is 15.7 Å². The van der Waals surface area contributed by atoms with Gasteiger partial charge in [-0.15, -0.1) is 0 Å². The van der Waals surface area contributed by atoms with E-state index < -0.39 is 0 Å². The number of rotatable bonds is 5. The van der Waals surface area contributed by atoms with Crippen molar-refractivity contribution in [3.63, 3.8) is 0 Å². The number of fused-ring (bicyclic) bond motifs is 1. The number of anilines is 2. The van der Waals surface area contributed by atoms with Crippen molar-refractivity contribution >= 4 is 51.8 Å². The molecule has 10 heteroatoms. The highest BCUT2D eigenvalue weighted by Crippen LogP contribution is 2.34. The van der Waals surface area contributed by atoms with E-state index in [1.54, 1.807) is 23.1 Å².